The summed E-state index contributed by atoms with van der Waals surface area (Å²) in [6, 6.07) is 7.04. The molecule has 4 N–H and O–H groups in total. The van der Waals surface area contributed by atoms with Gasteiger partial charge in [-0.25, -0.2) is 9.47 Å². The summed E-state index contributed by atoms with van der Waals surface area (Å²) in [5.74, 6) is 6.95. The first-order chi connectivity index (χ1) is 14.0. The molecule has 1 aliphatic carbocycles. The molecule has 0 saturated heterocycles. The van der Waals surface area contributed by atoms with E-state index in [1.165, 1.54) is 4.68 Å². The van der Waals surface area contributed by atoms with Gasteiger partial charge in [-0.15, -0.1) is 10.2 Å². The second-order valence-electron chi connectivity index (χ2n) is 6.84. The Morgan fingerprint density at radius 1 is 1.28 bits per heavy atom. The van der Waals surface area contributed by atoms with Crippen LogP contribution in [0.2, 0.25) is 0 Å². The summed E-state index contributed by atoms with van der Waals surface area (Å²) >= 11 is 1.14. The average Bonchev–Trinajstić information content (AvgIpc) is 3.33. The van der Waals surface area contributed by atoms with E-state index in [0.29, 0.717) is 17.6 Å². The van der Waals surface area contributed by atoms with Crippen LogP contribution >= 0.6 is 11.8 Å². The SMILES string of the molecule is CCOc1ccc(-c2nnc(S[C@H](C)C(=O)NC(=O)NC3CCCC3)n2N)cc1. The molecule has 29 heavy (non-hydrogen) atoms. The Kier molecular flexibility index (Phi) is 6.97. The molecule has 1 saturated carbocycles. The molecular weight excluding hydrogens is 392 g/mol. The van der Waals surface area contributed by atoms with E-state index in [4.69, 9.17) is 10.6 Å². The van der Waals surface area contributed by atoms with E-state index < -0.39 is 17.2 Å². The van der Waals surface area contributed by atoms with Crippen LogP contribution in [0.15, 0.2) is 29.4 Å². The molecule has 156 valence electrons. The largest absolute Gasteiger partial charge is 0.494 e. The molecule has 0 unspecified atom stereocenters. The monoisotopic (exact) mass is 418 g/mol. The Hall–Kier alpha value is -2.75. The third-order valence-corrected chi connectivity index (χ3v) is 5.72. The lowest BCUT2D eigenvalue weighted by molar-refractivity contribution is -0.119. The van der Waals surface area contributed by atoms with E-state index >= 15 is 0 Å². The van der Waals surface area contributed by atoms with Gasteiger partial charge in [-0.1, -0.05) is 24.6 Å². The third kappa shape index (κ3) is 5.41. The van der Waals surface area contributed by atoms with Gasteiger partial charge in [-0.05, 0) is 51.0 Å². The molecule has 1 fully saturated rings. The lowest BCUT2D eigenvalue weighted by atomic mass is 10.2. The van der Waals surface area contributed by atoms with Gasteiger partial charge in [0.1, 0.15) is 5.75 Å². The van der Waals surface area contributed by atoms with Crippen LogP contribution in [0.1, 0.15) is 39.5 Å². The van der Waals surface area contributed by atoms with Crippen LogP contribution in [0.4, 0.5) is 4.79 Å². The molecule has 1 heterocycles. The number of nitrogens with two attached hydrogens (primary N) is 1. The first-order valence-corrected chi connectivity index (χ1v) is 10.6. The first-order valence-electron chi connectivity index (χ1n) is 9.69. The van der Waals surface area contributed by atoms with E-state index in [1.54, 1.807) is 6.92 Å². The number of benzene rings is 1. The number of nitrogens with zero attached hydrogens (tertiary/aromatic N) is 3. The van der Waals surface area contributed by atoms with Gasteiger partial charge in [0.15, 0.2) is 5.82 Å². The van der Waals surface area contributed by atoms with Crippen molar-refractivity contribution in [1.29, 1.82) is 0 Å². The Bertz CT molecular complexity index is 848. The molecule has 9 nitrogen and oxygen atoms in total. The second-order valence-corrected chi connectivity index (χ2v) is 8.15. The minimum absolute atomic E-state index is 0.148. The van der Waals surface area contributed by atoms with Gasteiger partial charge >= 0.3 is 6.03 Å². The number of hydrogen-bond acceptors (Lipinski definition) is 7. The zero-order valence-electron chi connectivity index (χ0n) is 16.6. The van der Waals surface area contributed by atoms with Crippen molar-refractivity contribution >= 4 is 23.7 Å². The van der Waals surface area contributed by atoms with Crippen LogP contribution in [0.3, 0.4) is 0 Å². The summed E-state index contributed by atoms with van der Waals surface area (Å²) < 4.78 is 6.77. The van der Waals surface area contributed by atoms with Crippen molar-refractivity contribution in [2.24, 2.45) is 0 Å². The summed E-state index contributed by atoms with van der Waals surface area (Å²) in [4.78, 5) is 24.3. The lowest BCUT2D eigenvalue weighted by Gasteiger charge is -2.14. The first kappa shape index (κ1) is 21.0. The number of amides is 3. The van der Waals surface area contributed by atoms with Gasteiger partial charge in [0, 0.05) is 11.6 Å². The molecule has 1 atom stereocenters. The molecule has 0 spiro atoms. The molecule has 1 aromatic heterocycles. The number of thioether (sulfide) groups is 1. The third-order valence-electron chi connectivity index (χ3n) is 4.67. The van der Waals surface area contributed by atoms with Crippen LogP contribution in [0, 0.1) is 0 Å². The Balaban J connectivity index is 1.58. The predicted molar refractivity (Wildman–Crippen MR) is 111 cm³/mol. The minimum atomic E-state index is -0.566. The summed E-state index contributed by atoms with van der Waals surface area (Å²) in [6.07, 6.45) is 4.12. The van der Waals surface area contributed by atoms with Crippen LogP contribution in [-0.4, -0.2) is 44.7 Å². The summed E-state index contributed by atoms with van der Waals surface area (Å²) in [6.45, 7) is 4.20. The van der Waals surface area contributed by atoms with Crippen molar-refractivity contribution < 1.29 is 14.3 Å². The van der Waals surface area contributed by atoms with E-state index in [1.807, 2.05) is 31.2 Å². The zero-order chi connectivity index (χ0) is 20.8. The van der Waals surface area contributed by atoms with Gasteiger partial charge in [0.05, 0.1) is 11.9 Å². The number of nitrogens with one attached hydrogen (secondary N) is 2. The molecule has 0 aliphatic heterocycles. The second kappa shape index (κ2) is 9.64. The highest BCUT2D eigenvalue weighted by atomic mass is 32.2. The van der Waals surface area contributed by atoms with Crippen LogP contribution in [0.25, 0.3) is 11.4 Å². The summed E-state index contributed by atoms with van der Waals surface area (Å²) in [5, 5.41) is 13.2. The van der Waals surface area contributed by atoms with Gasteiger partial charge in [0.25, 0.3) is 0 Å². The molecule has 3 amide bonds. The fraction of sp³-hybridized carbons (Fsp3) is 0.474. The molecule has 10 heteroatoms. The normalized spacial score (nSPS) is 15.1. The summed E-state index contributed by atoms with van der Waals surface area (Å²) in [7, 11) is 0. The van der Waals surface area contributed by atoms with Crippen LogP contribution in [0.5, 0.6) is 5.75 Å². The number of rotatable bonds is 7. The maximum absolute atomic E-state index is 12.3. The molecular formula is C19H26N6O3S. The van der Waals surface area contributed by atoms with Crippen LogP contribution < -0.4 is 21.2 Å². The number of carbonyl (C=O) groups is 2. The summed E-state index contributed by atoms with van der Waals surface area (Å²) in [5.41, 5.74) is 0.781. The topological polar surface area (TPSA) is 124 Å². The van der Waals surface area contributed by atoms with E-state index in [9.17, 15) is 9.59 Å². The minimum Gasteiger partial charge on any atom is -0.494 e. The Morgan fingerprint density at radius 2 is 1.97 bits per heavy atom. The van der Waals surface area contributed by atoms with Gasteiger partial charge in [-0.3, -0.25) is 10.1 Å². The highest BCUT2D eigenvalue weighted by molar-refractivity contribution is 8.00. The van der Waals surface area contributed by atoms with Crippen molar-refractivity contribution in [3.05, 3.63) is 24.3 Å². The maximum Gasteiger partial charge on any atom is 0.321 e. The van der Waals surface area contributed by atoms with E-state index in [0.717, 1.165) is 48.8 Å². The molecule has 1 aliphatic rings. The smallest absolute Gasteiger partial charge is 0.321 e. The molecule has 2 aromatic rings. The number of nitrogen functional groups attached to an aromatic ring is 1. The fourth-order valence-electron chi connectivity index (χ4n) is 3.14. The number of ether oxygens (including phenoxy) is 1. The molecule has 0 radical (unpaired) electrons. The van der Waals surface area contributed by atoms with Gasteiger partial charge in [0.2, 0.25) is 11.1 Å². The lowest BCUT2D eigenvalue weighted by Crippen LogP contribution is -2.46. The van der Waals surface area contributed by atoms with Gasteiger partial charge < -0.3 is 15.9 Å². The highest BCUT2D eigenvalue weighted by Crippen LogP contribution is 2.26. The van der Waals surface area contributed by atoms with Crippen molar-refractivity contribution in [3.63, 3.8) is 0 Å². The Morgan fingerprint density at radius 3 is 2.62 bits per heavy atom. The number of hydrogen-bond donors (Lipinski definition) is 3. The van der Waals surface area contributed by atoms with Gasteiger partial charge in [-0.2, -0.15) is 0 Å². The number of aromatic nitrogens is 3. The van der Waals surface area contributed by atoms with Crippen molar-refractivity contribution in [2.75, 3.05) is 12.4 Å². The fourth-order valence-corrected chi connectivity index (χ4v) is 3.91. The average molecular weight is 419 g/mol. The quantitative estimate of drug-likeness (QED) is 0.465. The standard InChI is InChI=1S/C19H26N6O3S/c1-3-28-15-10-8-13(9-11-15)16-23-24-19(25(16)20)29-12(2)17(26)22-18(27)21-14-6-4-5-7-14/h8-12,14H,3-7,20H2,1-2H3,(H2,21,22,26,27)/t12-/m1/s1. The van der Waals surface area contributed by atoms with E-state index in [-0.39, 0.29) is 6.04 Å². The van der Waals surface area contributed by atoms with Crippen LogP contribution in [-0.2, 0) is 4.79 Å². The maximum atomic E-state index is 12.3. The Labute approximate surface area is 173 Å². The number of imide groups is 1. The van der Waals surface area contributed by atoms with Crippen molar-refractivity contribution in [2.45, 2.75) is 56.0 Å². The molecule has 3 rings (SSSR count). The van der Waals surface area contributed by atoms with Crippen molar-refractivity contribution in [1.82, 2.24) is 25.5 Å². The van der Waals surface area contributed by atoms with Crippen molar-refractivity contribution in [3.8, 4) is 17.1 Å². The number of carbonyl (C=O) groups excluding carboxylic acids is 2. The predicted octanol–water partition coefficient (Wildman–Crippen LogP) is 2.31. The number of urea groups is 1. The molecule has 1 aromatic carbocycles. The van der Waals surface area contributed by atoms with E-state index in [2.05, 4.69) is 20.8 Å². The highest BCUT2D eigenvalue weighted by Gasteiger charge is 2.23. The zero-order valence-corrected chi connectivity index (χ0v) is 17.4. The molecule has 0 bridgehead atoms.